The van der Waals surface area contributed by atoms with E-state index in [0.29, 0.717) is 19.7 Å². The number of hydrogen-bond acceptors (Lipinski definition) is 3. The summed E-state index contributed by atoms with van der Waals surface area (Å²) >= 11 is 0. The third-order valence-corrected chi connectivity index (χ3v) is 5.06. The largest absolute Gasteiger partial charge is 0.367 e. The van der Waals surface area contributed by atoms with Crippen molar-refractivity contribution in [1.82, 2.24) is 14.4 Å². The highest BCUT2D eigenvalue weighted by Gasteiger charge is 2.34. The minimum atomic E-state index is -0.205. The van der Waals surface area contributed by atoms with E-state index in [9.17, 15) is 9.59 Å². The Morgan fingerprint density at radius 1 is 1.17 bits per heavy atom. The number of aryl methyl sites for hydroxylation is 1. The second-order valence-corrected chi connectivity index (χ2v) is 7.40. The first kappa shape index (κ1) is 20.9. The third-order valence-electron chi connectivity index (χ3n) is 5.06. The van der Waals surface area contributed by atoms with Crippen molar-refractivity contribution in [3.8, 4) is 0 Å². The first-order chi connectivity index (χ1) is 14.1. The van der Waals surface area contributed by atoms with Gasteiger partial charge in [0.25, 0.3) is 0 Å². The molecule has 0 aliphatic heterocycles. The molecule has 0 atom stereocenters. The van der Waals surface area contributed by atoms with Crippen molar-refractivity contribution < 1.29 is 14.3 Å². The fraction of sp³-hybridized carbons (Fsp3) is 0.391. The standard InChI is InChI=1S/C23H29N3O3/c1-3-13-25(23(28)18-29-17-19-8-5-4-6-9-19)16-22(27)26(20-11-12-20)15-21-10-7-14-24(21)2/h3-10,14,20H,1,11-13,15-18H2,2H3. The monoisotopic (exact) mass is 395 g/mol. The number of carbonyl (C=O) groups is 2. The average molecular weight is 396 g/mol. The van der Waals surface area contributed by atoms with Crippen molar-refractivity contribution in [2.45, 2.75) is 32.0 Å². The summed E-state index contributed by atoms with van der Waals surface area (Å²) in [6.45, 7) is 4.95. The predicted molar refractivity (Wildman–Crippen MR) is 112 cm³/mol. The van der Waals surface area contributed by atoms with Crippen molar-refractivity contribution >= 4 is 11.8 Å². The van der Waals surface area contributed by atoms with Gasteiger partial charge >= 0.3 is 0 Å². The van der Waals surface area contributed by atoms with Gasteiger partial charge in [0.2, 0.25) is 11.8 Å². The van der Waals surface area contributed by atoms with Crippen molar-refractivity contribution in [2.75, 3.05) is 19.7 Å². The van der Waals surface area contributed by atoms with Crippen LogP contribution >= 0.6 is 0 Å². The molecule has 0 spiro atoms. The van der Waals surface area contributed by atoms with Crippen molar-refractivity contribution in [2.24, 2.45) is 7.05 Å². The SMILES string of the molecule is C=CCN(CC(=O)N(Cc1cccn1C)C1CC1)C(=O)COCc1ccccc1. The molecule has 29 heavy (non-hydrogen) atoms. The van der Waals surface area contributed by atoms with Crippen LogP contribution in [0, 0.1) is 0 Å². The zero-order chi connectivity index (χ0) is 20.6. The van der Waals surface area contributed by atoms with Crippen LogP contribution in [0.25, 0.3) is 0 Å². The van der Waals surface area contributed by atoms with Gasteiger partial charge in [0.15, 0.2) is 0 Å². The Morgan fingerprint density at radius 2 is 1.93 bits per heavy atom. The molecule has 1 fully saturated rings. The van der Waals surface area contributed by atoms with Crippen LogP contribution in [0.15, 0.2) is 61.3 Å². The van der Waals surface area contributed by atoms with Gasteiger partial charge in [-0.25, -0.2) is 0 Å². The number of ether oxygens (including phenoxy) is 1. The molecule has 1 heterocycles. The topological polar surface area (TPSA) is 54.8 Å². The van der Waals surface area contributed by atoms with Gasteiger partial charge in [-0.15, -0.1) is 6.58 Å². The maximum atomic E-state index is 13.0. The summed E-state index contributed by atoms with van der Waals surface area (Å²) in [7, 11) is 1.97. The molecule has 3 rings (SSSR count). The van der Waals surface area contributed by atoms with Gasteiger partial charge in [0.05, 0.1) is 13.2 Å². The molecule has 1 aromatic carbocycles. The summed E-state index contributed by atoms with van der Waals surface area (Å²) in [6, 6.07) is 14.0. The lowest BCUT2D eigenvalue weighted by atomic mass is 10.2. The van der Waals surface area contributed by atoms with E-state index in [4.69, 9.17) is 4.74 Å². The van der Waals surface area contributed by atoms with Gasteiger partial charge in [0, 0.05) is 31.5 Å². The molecule has 1 aliphatic rings. The first-order valence-electron chi connectivity index (χ1n) is 9.98. The zero-order valence-electron chi connectivity index (χ0n) is 17.0. The van der Waals surface area contributed by atoms with Crippen molar-refractivity contribution in [3.05, 3.63) is 72.6 Å². The van der Waals surface area contributed by atoms with E-state index in [1.807, 2.05) is 65.2 Å². The van der Waals surface area contributed by atoms with Gasteiger partial charge in [-0.2, -0.15) is 0 Å². The van der Waals surface area contributed by atoms with Crippen LogP contribution in [0.4, 0.5) is 0 Å². The van der Waals surface area contributed by atoms with E-state index in [-0.39, 0.29) is 31.0 Å². The number of carbonyl (C=O) groups excluding carboxylic acids is 2. The molecule has 6 nitrogen and oxygen atoms in total. The second kappa shape index (κ2) is 10.1. The Kier molecular flexibility index (Phi) is 7.25. The van der Waals surface area contributed by atoms with Gasteiger partial charge < -0.3 is 19.1 Å². The van der Waals surface area contributed by atoms with Crippen LogP contribution < -0.4 is 0 Å². The highest BCUT2D eigenvalue weighted by molar-refractivity contribution is 5.85. The van der Waals surface area contributed by atoms with Crippen LogP contribution in [0.1, 0.15) is 24.1 Å². The number of aromatic nitrogens is 1. The van der Waals surface area contributed by atoms with Crippen LogP contribution in [0.3, 0.4) is 0 Å². The van der Waals surface area contributed by atoms with Crippen LogP contribution in [0.5, 0.6) is 0 Å². The Labute approximate surface area is 172 Å². The smallest absolute Gasteiger partial charge is 0.249 e. The van der Waals surface area contributed by atoms with Crippen molar-refractivity contribution in [1.29, 1.82) is 0 Å². The Morgan fingerprint density at radius 3 is 2.55 bits per heavy atom. The van der Waals surface area contributed by atoms with Crippen LogP contribution in [-0.2, 0) is 34.5 Å². The molecular weight excluding hydrogens is 366 g/mol. The lowest BCUT2D eigenvalue weighted by molar-refractivity contribution is -0.143. The van der Waals surface area contributed by atoms with E-state index < -0.39 is 0 Å². The van der Waals surface area contributed by atoms with Crippen LogP contribution in [0.2, 0.25) is 0 Å². The number of hydrogen-bond donors (Lipinski definition) is 0. The van der Waals surface area contributed by atoms with Gasteiger partial charge in [0.1, 0.15) is 13.2 Å². The molecule has 154 valence electrons. The lowest BCUT2D eigenvalue weighted by Gasteiger charge is -2.27. The Hall–Kier alpha value is -2.86. The molecule has 6 heteroatoms. The second-order valence-electron chi connectivity index (χ2n) is 7.40. The Bertz CT molecular complexity index is 827. The van der Waals surface area contributed by atoms with E-state index in [2.05, 4.69) is 6.58 Å². The quantitative estimate of drug-likeness (QED) is 0.550. The highest BCUT2D eigenvalue weighted by atomic mass is 16.5. The molecule has 0 radical (unpaired) electrons. The van der Waals surface area contributed by atoms with Crippen LogP contribution in [-0.4, -0.2) is 51.9 Å². The number of benzene rings is 1. The van der Waals surface area contributed by atoms with E-state index in [0.717, 1.165) is 24.1 Å². The predicted octanol–water partition coefficient (Wildman–Crippen LogP) is 2.75. The number of amides is 2. The summed E-state index contributed by atoms with van der Waals surface area (Å²) in [5, 5.41) is 0. The fourth-order valence-corrected chi connectivity index (χ4v) is 3.23. The minimum Gasteiger partial charge on any atom is -0.367 e. The molecule has 0 bridgehead atoms. The minimum absolute atomic E-state index is 0.0352. The molecule has 0 unspecified atom stereocenters. The van der Waals surface area contributed by atoms with E-state index in [1.165, 1.54) is 4.90 Å². The van der Waals surface area contributed by atoms with E-state index >= 15 is 0 Å². The molecule has 2 amide bonds. The maximum absolute atomic E-state index is 13.0. The highest BCUT2D eigenvalue weighted by Crippen LogP contribution is 2.28. The summed E-state index contributed by atoms with van der Waals surface area (Å²) in [4.78, 5) is 29.0. The summed E-state index contributed by atoms with van der Waals surface area (Å²) in [5.41, 5.74) is 2.09. The van der Waals surface area contributed by atoms with Crippen molar-refractivity contribution in [3.63, 3.8) is 0 Å². The lowest BCUT2D eigenvalue weighted by Crippen LogP contribution is -2.44. The first-order valence-corrected chi connectivity index (χ1v) is 9.98. The summed E-state index contributed by atoms with van der Waals surface area (Å²) < 4.78 is 7.58. The molecule has 0 N–H and O–H groups in total. The number of nitrogens with zero attached hydrogens (tertiary/aromatic N) is 3. The fourth-order valence-electron chi connectivity index (χ4n) is 3.23. The average Bonchev–Trinajstić information content (AvgIpc) is 3.48. The third kappa shape index (κ3) is 6.06. The number of rotatable bonds is 11. The Balaban J connectivity index is 1.56. The molecule has 2 aromatic rings. The molecule has 1 aliphatic carbocycles. The van der Waals surface area contributed by atoms with Gasteiger partial charge in [-0.05, 0) is 30.5 Å². The molecule has 1 saturated carbocycles. The molecule has 0 saturated heterocycles. The van der Waals surface area contributed by atoms with Gasteiger partial charge in [-0.3, -0.25) is 9.59 Å². The summed E-state index contributed by atoms with van der Waals surface area (Å²) in [5.74, 6) is -0.240. The zero-order valence-corrected chi connectivity index (χ0v) is 17.0. The molecule has 1 aromatic heterocycles. The van der Waals surface area contributed by atoms with Gasteiger partial charge in [-0.1, -0.05) is 36.4 Å². The maximum Gasteiger partial charge on any atom is 0.249 e. The summed E-state index contributed by atoms with van der Waals surface area (Å²) in [6.07, 6.45) is 5.65. The normalized spacial score (nSPS) is 13.1. The molecular formula is C23H29N3O3. The van der Waals surface area contributed by atoms with E-state index in [1.54, 1.807) is 6.08 Å².